The highest BCUT2D eigenvalue weighted by atomic mass is 79.9. The molecule has 1 amide bonds. The number of nitrogens with zero attached hydrogens (tertiary/aromatic N) is 2. The van der Waals surface area contributed by atoms with Crippen molar-refractivity contribution in [2.45, 2.75) is 6.04 Å². The van der Waals surface area contributed by atoms with Gasteiger partial charge in [-0.3, -0.25) is 9.59 Å². The van der Waals surface area contributed by atoms with Crippen LogP contribution in [0.3, 0.4) is 0 Å². The highest BCUT2D eigenvalue weighted by molar-refractivity contribution is 9.10. The molecule has 0 bridgehead atoms. The van der Waals surface area contributed by atoms with Crippen molar-refractivity contribution in [1.82, 2.24) is 9.80 Å². The van der Waals surface area contributed by atoms with Crippen molar-refractivity contribution in [2.24, 2.45) is 0 Å². The maximum Gasteiger partial charge on any atom is 0.290 e. The minimum absolute atomic E-state index is 0.0309. The minimum Gasteiger partial charge on any atom is -0.483 e. The molecule has 2 heterocycles. The Morgan fingerprint density at radius 3 is 2.83 bits per heavy atom. The summed E-state index contributed by atoms with van der Waals surface area (Å²) in [6.07, 6.45) is 0. The Labute approximate surface area is 142 Å². The molecular formula is C14H21BrN2O6. The lowest BCUT2D eigenvalue weighted by Gasteiger charge is -2.37. The van der Waals surface area contributed by atoms with E-state index in [-0.39, 0.29) is 25.0 Å². The van der Waals surface area contributed by atoms with Gasteiger partial charge in [0.2, 0.25) is 0 Å². The van der Waals surface area contributed by atoms with E-state index in [2.05, 4.69) is 15.9 Å². The normalized spacial score (nSPS) is 17.6. The van der Waals surface area contributed by atoms with Crippen LogP contribution in [0, 0.1) is 0 Å². The van der Waals surface area contributed by atoms with Gasteiger partial charge in [0.05, 0.1) is 25.9 Å². The largest absolute Gasteiger partial charge is 0.483 e. The fourth-order valence-electron chi connectivity index (χ4n) is 2.27. The number of aliphatic hydroxyl groups excluding tert-OH is 1. The Morgan fingerprint density at radius 2 is 2.26 bits per heavy atom. The molecule has 1 unspecified atom stereocenters. The van der Waals surface area contributed by atoms with Crippen LogP contribution in [0.25, 0.3) is 0 Å². The molecule has 0 aromatic carbocycles. The van der Waals surface area contributed by atoms with Crippen molar-refractivity contribution in [3.05, 3.63) is 22.6 Å². The first kappa shape index (κ1) is 19.6. The van der Waals surface area contributed by atoms with E-state index in [4.69, 9.17) is 24.2 Å². The zero-order valence-electron chi connectivity index (χ0n) is 12.9. The summed E-state index contributed by atoms with van der Waals surface area (Å²) in [4.78, 5) is 24.6. The van der Waals surface area contributed by atoms with Gasteiger partial charge in [-0.15, -0.1) is 0 Å². The van der Waals surface area contributed by atoms with Crippen molar-refractivity contribution in [3.63, 3.8) is 0 Å². The second-order valence-corrected chi connectivity index (χ2v) is 5.70. The number of carbonyl (C=O) groups excluding carboxylic acids is 1. The molecule has 1 saturated heterocycles. The Bertz CT molecular complexity index is 495. The van der Waals surface area contributed by atoms with Gasteiger partial charge in [0.25, 0.3) is 12.4 Å². The zero-order valence-corrected chi connectivity index (χ0v) is 14.4. The van der Waals surface area contributed by atoms with Crippen LogP contribution in [-0.2, 0) is 9.53 Å². The average molecular weight is 393 g/mol. The molecule has 2 N–H and O–H groups in total. The van der Waals surface area contributed by atoms with Gasteiger partial charge >= 0.3 is 0 Å². The third-order valence-corrected chi connectivity index (χ3v) is 3.70. The Hall–Kier alpha value is -1.42. The summed E-state index contributed by atoms with van der Waals surface area (Å²) >= 11 is 3.20. The van der Waals surface area contributed by atoms with Crippen LogP contribution < -0.4 is 0 Å². The monoisotopic (exact) mass is 392 g/mol. The van der Waals surface area contributed by atoms with Gasteiger partial charge in [0, 0.05) is 19.6 Å². The van der Waals surface area contributed by atoms with Crippen molar-refractivity contribution in [1.29, 1.82) is 0 Å². The van der Waals surface area contributed by atoms with Gasteiger partial charge in [-0.2, -0.15) is 0 Å². The lowest BCUT2D eigenvalue weighted by atomic mass is 10.2. The minimum atomic E-state index is -0.250. The number of amides is 1. The number of furan rings is 1. The van der Waals surface area contributed by atoms with E-state index in [0.717, 1.165) is 0 Å². The van der Waals surface area contributed by atoms with Crippen molar-refractivity contribution in [2.75, 3.05) is 46.5 Å². The van der Waals surface area contributed by atoms with Crippen LogP contribution in [-0.4, -0.2) is 84.9 Å². The second-order valence-electron chi connectivity index (χ2n) is 4.92. The SMILES string of the molecule is CN(CCO)CC1COCCN1C(=O)c1ccc(Br)o1.O=CO. The summed E-state index contributed by atoms with van der Waals surface area (Å²) in [7, 11) is 1.91. The van der Waals surface area contributed by atoms with E-state index in [9.17, 15) is 4.79 Å². The molecule has 0 aliphatic carbocycles. The highest BCUT2D eigenvalue weighted by Gasteiger charge is 2.30. The first-order chi connectivity index (χ1) is 11.0. The van der Waals surface area contributed by atoms with Crippen molar-refractivity contribution >= 4 is 28.3 Å². The third kappa shape index (κ3) is 6.30. The first-order valence-corrected chi connectivity index (χ1v) is 7.84. The molecule has 1 atom stereocenters. The molecule has 1 aromatic heterocycles. The van der Waals surface area contributed by atoms with Gasteiger partial charge in [0.15, 0.2) is 10.4 Å². The molecule has 1 aromatic rings. The topological polar surface area (TPSA) is 103 Å². The van der Waals surface area contributed by atoms with Crippen LogP contribution >= 0.6 is 15.9 Å². The number of morpholine rings is 1. The molecule has 0 spiro atoms. The van der Waals surface area contributed by atoms with E-state index >= 15 is 0 Å². The zero-order chi connectivity index (χ0) is 17.2. The lowest BCUT2D eigenvalue weighted by molar-refractivity contribution is -0.122. The number of carboxylic acid groups (broad SMARTS) is 1. The third-order valence-electron chi connectivity index (χ3n) is 3.28. The standard InChI is InChI=1S/C13H19BrN2O4.CH2O2/c1-15(4-6-17)8-10-9-19-7-5-16(10)13(18)11-2-3-12(14)20-11;2-1-3/h2-3,10,17H,4-9H2,1H3;1H,(H,2,3). The summed E-state index contributed by atoms with van der Waals surface area (Å²) in [5, 5.41) is 15.8. The maximum atomic E-state index is 12.5. The molecule has 1 aliphatic rings. The number of hydrogen-bond acceptors (Lipinski definition) is 6. The molecule has 1 aliphatic heterocycles. The first-order valence-electron chi connectivity index (χ1n) is 7.04. The Kier molecular flexibility index (Phi) is 8.85. The van der Waals surface area contributed by atoms with E-state index in [1.54, 1.807) is 17.0 Å². The summed E-state index contributed by atoms with van der Waals surface area (Å²) < 4.78 is 11.3. The number of likely N-dealkylation sites (N-methyl/N-ethyl adjacent to an activating group) is 1. The van der Waals surface area contributed by atoms with Crippen molar-refractivity contribution in [3.8, 4) is 0 Å². The van der Waals surface area contributed by atoms with Gasteiger partial charge in [0.1, 0.15) is 0 Å². The van der Waals surface area contributed by atoms with E-state index in [1.165, 1.54) is 0 Å². The number of ether oxygens (including phenoxy) is 1. The summed E-state index contributed by atoms with van der Waals surface area (Å²) in [5.74, 6) is 0.204. The van der Waals surface area contributed by atoms with Crippen LogP contribution in [0.5, 0.6) is 0 Å². The number of rotatable bonds is 5. The van der Waals surface area contributed by atoms with Gasteiger partial charge in [-0.25, -0.2) is 0 Å². The lowest BCUT2D eigenvalue weighted by Crippen LogP contribution is -2.53. The second kappa shape index (κ2) is 10.4. The van der Waals surface area contributed by atoms with Crippen LogP contribution in [0.2, 0.25) is 0 Å². The Balaban J connectivity index is 0.000000816. The number of aliphatic hydroxyl groups is 1. The Morgan fingerprint density at radius 1 is 1.57 bits per heavy atom. The molecular weight excluding hydrogens is 372 g/mol. The van der Waals surface area contributed by atoms with Crippen LogP contribution in [0.15, 0.2) is 21.2 Å². The summed E-state index contributed by atoms with van der Waals surface area (Å²) in [6, 6.07) is 3.34. The fraction of sp³-hybridized carbons (Fsp3) is 0.571. The smallest absolute Gasteiger partial charge is 0.290 e. The number of hydrogen-bond donors (Lipinski definition) is 2. The molecule has 130 valence electrons. The molecule has 0 saturated carbocycles. The predicted molar refractivity (Wildman–Crippen MR) is 85.3 cm³/mol. The molecule has 2 rings (SSSR count). The predicted octanol–water partition coefficient (Wildman–Crippen LogP) is 0.508. The van der Waals surface area contributed by atoms with E-state index in [1.807, 2.05) is 11.9 Å². The maximum absolute atomic E-state index is 12.5. The van der Waals surface area contributed by atoms with Crippen LogP contribution in [0.1, 0.15) is 10.6 Å². The molecule has 8 nitrogen and oxygen atoms in total. The summed E-state index contributed by atoms with van der Waals surface area (Å²) in [6.45, 7) is 2.67. The molecule has 1 fully saturated rings. The van der Waals surface area contributed by atoms with Gasteiger partial charge < -0.3 is 29.2 Å². The van der Waals surface area contributed by atoms with Crippen molar-refractivity contribution < 1.29 is 29.0 Å². The average Bonchev–Trinajstić information content (AvgIpc) is 2.95. The number of halogens is 1. The molecule has 9 heteroatoms. The van der Waals surface area contributed by atoms with Gasteiger partial charge in [-0.1, -0.05) is 0 Å². The van der Waals surface area contributed by atoms with E-state index in [0.29, 0.717) is 43.3 Å². The van der Waals surface area contributed by atoms with Gasteiger partial charge in [-0.05, 0) is 35.1 Å². The highest BCUT2D eigenvalue weighted by Crippen LogP contribution is 2.18. The number of carbonyl (C=O) groups is 2. The van der Waals surface area contributed by atoms with Crippen LogP contribution in [0.4, 0.5) is 0 Å². The molecule has 23 heavy (non-hydrogen) atoms. The fourth-order valence-corrected chi connectivity index (χ4v) is 2.57. The quantitative estimate of drug-likeness (QED) is 0.703. The van der Waals surface area contributed by atoms with E-state index < -0.39 is 0 Å². The molecule has 0 radical (unpaired) electrons. The summed E-state index contributed by atoms with van der Waals surface area (Å²) in [5.41, 5.74) is 0.